The zero-order valence-corrected chi connectivity index (χ0v) is 15.0. The molecule has 6 nitrogen and oxygen atoms in total. The van der Waals surface area contributed by atoms with Gasteiger partial charge in [-0.05, 0) is 24.8 Å². The van der Waals surface area contributed by atoms with Crippen molar-refractivity contribution < 1.29 is 9.32 Å². The Labute approximate surface area is 146 Å². The molecule has 0 radical (unpaired) electrons. The number of thiophene rings is 1. The SMILES string of the molecule is CCC(C(=O)Nc1cc(C)on1)N1CCN(Cc2cccs2)CC1. The highest BCUT2D eigenvalue weighted by Gasteiger charge is 2.28. The fourth-order valence-corrected chi connectivity index (χ4v) is 3.85. The van der Waals surface area contributed by atoms with Gasteiger partial charge < -0.3 is 9.84 Å². The molecule has 24 heavy (non-hydrogen) atoms. The standard InChI is InChI=1S/C17H24N4O2S/c1-3-15(17(22)18-16-11-13(2)23-19-16)21-8-6-20(7-9-21)12-14-5-4-10-24-14/h4-5,10-11,15H,3,6-9,12H2,1-2H3,(H,18,19,22). The van der Waals surface area contributed by atoms with Crippen LogP contribution in [0.5, 0.6) is 0 Å². The number of amides is 1. The average Bonchev–Trinajstić information content (AvgIpc) is 3.22. The van der Waals surface area contributed by atoms with Crippen LogP contribution in [-0.4, -0.2) is 53.1 Å². The minimum atomic E-state index is -0.120. The first-order chi connectivity index (χ1) is 11.7. The van der Waals surface area contributed by atoms with Crippen LogP contribution < -0.4 is 5.32 Å². The summed E-state index contributed by atoms with van der Waals surface area (Å²) in [6, 6.07) is 5.90. The number of hydrogen-bond donors (Lipinski definition) is 1. The zero-order valence-electron chi connectivity index (χ0n) is 14.2. The lowest BCUT2D eigenvalue weighted by Crippen LogP contribution is -2.53. The summed E-state index contributed by atoms with van der Waals surface area (Å²) in [5.74, 6) is 1.19. The molecule has 0 aliphatic carbocycles. The molecule has 2 aromatic heterocycles. The number of nitrogens with zero attached hydrogens (tertiary/aromatic N) is 3. The van der Waals surface area contributed by atoms with E-state index in [1.807, 2.05) is 6.92 Å². The minimum Gasteiger partial charge on any atom is -0.360 e. The summed E-state index contributed by atoms with van der Waals surface area (Å²) in [4.78, 5) is 18.7. The summed E-state index contributed by atoms with van der Waals surface area (Å²) in [5.41, 5.74) is 0. The predicted molar refractivity (Wildman–Crippen MR) is 95.1 cm³/mol. The van der Waals surface area contributed by atoms with Crippen molar-refractivity contribution in [3.63, 3.8) is 0 Å². The Morgan fingerprint density at radius 2 is 2.21 bits per heavy atom. The van der Waals surface area contributed by atoms with Gasteiger partial charge in [-0.15, -0.1) is 11.3 Å². The molecule has 0 spiro atoms. The maximum atomic E-state index is 12.5. The molecule has 0 saturated carbocycles. The Morgan fingerprint density at radius 3 is 2.79 bits per heavy atom. The van der Waals surface area contributed by atoms with E-state index in [2.05, 4.69) is 44.7 Å². The summed E-state index contributed by atoms with van der Waals surface area (Å²) >= 11 is 1.80. The van der Waals surface area contributed by atoms with E-state index in [1.165, 1.54) is 4.88 Å². The van der Waals surface area contributed by atoms with Crippen molar-refractivity contribution in [2.45, 2.75) is 32.9 Å². The molecule has 1 N–H and O–H groups in total. The first-order valence-corrected chi connectivity index (χ1v) is 9.26. The van der Waals surface area contributed by atoms with Gasteiger partial charge in [0.25, 0.3) is 0 Å². The van der Waals surface area contributed by atoms with Gasteiger partial charge in [0, 0.05) is 43.7 Å². The monoisotopic (exact) mass is 348 g/mol. The smallest absolute Gasteiger partial charge is 0.242 e. The highest BCUT2D eigenvalue weighted by molar-refractivity contribution is 7.09. The lowest BCUT2D eigenvalue weighted by atomic mass is 10.1. The fraction of sp³-hybridized carbons (Fsp3) is 0.529. The van der Waals surface area contributed by atoms with Crippen LogP contribution in [0.25, 0.3) is 0 Å². The van der Waals surface area contributed by atoms with Gasteiger partial charge >= 0.3 is 0 Å². The van der Waals surface area contributed by atoms with Crippen LogP contribution in [0.4, 0.5) is 5.82 Å². The van der Waals surface area contributed by atoms with Crippen molar-refractivity contribution in [3.8, 4) is 0 Å². The number of aromatic nitrogens is 1. The van der Waals surface area contributed by atoms with Gasteiger partial charge in [0.05, 0.1) is 6.04 Å². The number of rotatable bonds is 6. The Balaban J connectivity index is 1.52. The summed E-state index contributed by atoms with van der Waals surface area (Å²) < 4.78 is 5.00. The number of piperazine rings is 1. The normalized spacial score (nSPS) is 17.8. The van der Waals surface area contributed by atoms with Crippen LogP contribution in [-0.2, 0) is 11.3 Å². The van der Waals surface area contributed by atoms with Crippen LogP contribution in [0.15, 0.2) is 28.1 Å². The third kappa shape index (κ3) is 4.23. The van der Waals surface area contributed by atoms with E-state index < -0.39 is 0 Å². The Morgan fingerprint density at radius 1 is 1.42 bits per heavy atom. The third-order valence-corrected chi connectivity index (χ3v) is 5.24. The Bertz CT molecular complexity index is 647. The van der Waals surface area contributed by atoms with Crippen molar-refractivity contribution in [2.75, 3.05) is 31.5 Å². The molecule has 1 aliphatic heterocycles. The first kappa shape index (κ1) is 17.1. The average molecular weight is 348 g/mol. The van der Waals surface area contributed by atoms with E-state index in [0.717, 1.165) is 39.1 Å². The van der Waals surface area contributed by atoms with Crippen LogP contribution in [0.3, 0.4) is 0 Å². The van der Waals surface area contributed by atoms with Gasteiger partial charge in [-0.25, -0.2) is 0 Å². The summed E-state index contributed by atoms with van der Waals surface area (Å²) in [7, 11) is 0. The lowest BCUT2D eigenvalue weighted by Gasteiger charge is -2.38. The molecular weight excluding hydrogens is 324 g/mol. The Hall–Kier alpha value is -1.70. The number of nitrogens with one attached hydrogen (secondary N) is 1. The van der Waals surface area contributed by atoms with Crippen molar-refractivity contribution >= 4 is 23.1 Å². The number of carbonyl (C=O) groups is 1. The molecule has 130 valence electrons. The number of carbonyl (C=O) groups excluding carboxylic acids is 1. The third-order valence-electron chi connectivity index (χ3n) is 4.38. The van der Waals surface area contributed by atoms with Crippen LogP contribution in [0, 0.1) is 6.92 Å². The minimum absolute atomic E-state index is 0.00231. The summed E-state index contributed by atoms with van der Waals surface area (Å²) in [6.45, 7) is 8.68. The maximum absolute atomic E-state index is 12.5. The number of anilines is 1. The van der Waals surface area contributed by atoms with Gasteiger partial charge in [0.2, 0.25) is 5.91 Å². The molecule has 1 amide bonds. The molecule has 1 saturated heterocycles. The molecule has 0 aromatic carbocycles. The predicted octanol–water partition coefficient (Wildman–Crippen LogP) is 2.58. The molecular formula is C17H24N4O2S. The van der Waals surface area contributed by atoms with Gasteiger partial charge in [-0.1, -0.05) is 18.1 Å². The number of aryl methyl sites for hydroxylation is 1. The van der Waals surface area contributed by atoms with Crippen molar-refractivity contribution in [1.29, 1.82) is 0 Å². The molecule has 0 bridgehead atoms. The topological polar surface area (TPSA) is 61.6 Å². The number of hydrogen-bond acceptors (Lipinski definition) is 6. The second-order valence-corrected chi connectivity index (χ2v) is 7.16. The van der Waals surface area contributed by atoms with E-state index in [9.17, 15) is 4.79 Å². The molecule has 3 heterocycles. The van der Waals surface area contributed by atoms with Crippen LogP contribution >= 0.6 is 11.3 Å². The van der Waals surface area contributed by atoms with Crippen LogP contribution in [0.2, 0.25) is 0 Å². The fourth-order valence-electron chi connectivity index (χ4n) is 3.10. The van der Waals surface area contributed by atoms with E-state index in [0.29, 0.717) is 11.6 Å². The largest absolute Gasteiger partial charge is 0.360 e. The summed E-state index contributed by atoms with van der Waals surface area (Å²) in [5, 5.41) is 8.82. The zero-order chi connectivity index (χ0) is 16.9. The van der Waals surface area contributed by atoms with Gasteiger partial charge in [-0.2, -0.15) is 0 Å². The van der Waals surface area contributed by atoms with Gasteiger partial charge in [0.1, 0.15) is 5.76 Å². The molecule has 7 heteroatoms. The lowest BCUT2D eigenvalue weighted by molar-refractivity contribution is -0.122. The molecule has 2 aromatic rings. The quantitative estimate of drug-likeness (QED) is 0.869. The van der Waals surface area contributed by atoms with E-state index in [-0.39, 0.29) is 11.9 Å². The van der Waals surface area contributed by atoms with E-state index >= 15 is 0 Å². The van der Waals surface area contributed by atoms with Crippen LogP contribution in [0.1, 0.15) is 24.0 Å². The van der Waals surface area contributed by atoms with E-state index in [4.69, 9.17) is 4.52 Å². The maximum Gasteiger partial charge on any atom is 0.242 e. The summed E-state index contributed by atoms with van der Waals surface area (Å²) in [6.07, 6.45) is 0.785. The molecule has 1 unspecified atom stereocenters. The second kappa shape index (κ2) is 7.92. The van der Waals surface area contributed by atoms with Crippen molar-refractivity contribution in [2.24, 2.45) is 0 Å². The van der Waals surface area contributed by atoms with Gasteiger partial charge in [-0.3, -0.25) is 14.6 Å². The van der Waals surface area contributed by atoms with Crippen molar-refractivity contribution in [3.05, 3.63) is 34.2 Å². The molecule has 3 rings (SSSR count). The van der Waals surface area contributed by atoms with Crippen molar-refractivity contribution in [1.82, 2.24) is 15.0 Å². The first-order valence-electron chi connectivity index (χ1n) is 8.38. The Kier molecular flexibility index (Phi) is 5.65. The molecule has 1 aliphatic rings. The van der Waals surface area contributed by atoms with E-state index in [1.54, 1.807) is 17.4 Å². The highest BCUT2D eigenvalue weighted by atomic mass is 32.1. The molecule has 1 fully saturated rings. The highest BCUT2D eigenvalue weighted by Crippen LogP contribution is 2.16. The molecule has 1 atom stereocenters. The second-order valence-electron chi connectivity index (χ2n) is 6.13. The van der Waals surface area contributed by atoms with Gasteiger partial charge in [0.15, 0.2) is 5.82 Å².